The molecule has 0 bridgehead atoms. The third-order valence-corrected chi connectivity index (χ3v) is 3.57. The first-order valence-corrected chi connectivity index (χ1v) is 6.99. The number of ether oxygens (including phenoxy) is 1. The summed E-state index contributed by atoms with van der Waals surface area (Å²) in [5, 5.41) is 5.31. The van der Waals surface area contributed by atoms with Crippen LogP contribution in [0.5, 0.6) is 0 Å². The lowest BCUT2D eigenvalue weighted by molar-refractivity contribution is -0.00991. The SMILES string of the molecule is CCCC(C)OC(CCNC)c1cccs1. The van der Waals surface area contributed by atoms with Gasteiger partial charge in [0.1, 0.15) is 0 Å². The van der Waals surface area contributed by atoms with E-state index >= 15 is 0 Å². The van der Waals surface area contributed by atoms with Crippen LogP contribution in [-0.2, 0) is 4.74 Å². The average Bonchev–Trinajstić information content (AvgIpc) is 2.77. The summed E-state index contributed by atoms with van der Waals surface area (Å²) in [4.78, 5) is 1.35. The van der Waals surface area contributed by atoms with Crippen LogP contribution in [0.15, 0.2) is 17.5 Å². The number of rotatable bonds is 8. The number of thiophene rings is 1. The molecule has 0 radical (unpaired) electrons. The lowest BCUT2D eigenvalue weighted by atomic mass is 10.2. The van der Waals surface area contributed by atoms with Crippen molar-refractivity contribution >= 4 is 11.3 Å². The molecule has 2 unspecified atom stereocenters. The maximum absolute atomic E-state index is 6.11. The Labute approximate surface area is 103 Å². The Balaban J connectivity index is 2.50. The van der Waals surface area contributed by atoms with Gasteiger partial charge in [0.05, 0.1) is 12.2 Å². The number of hydrogen-bond acceptors (Lipinski definition) is 3. The Bertz CT molecular complexity index is 261. The maximum atomic E-state index is 6.11. The minimum atomic E-state index is 0.258. The van der Waals surface area contributed by atoms with Gasteiger partial charge in [-0.1, -0.05) is 19.4 Å². The monoisotopic (exact) mass is 241 g/mol. The van der Waals surface area contributed by atoms with Gasteiger partial charge in [-0.15, -0.1) is 11.3 Å². The van der Waals surface area contributed by atoms with Crippen molar-refractivity contribution in [1.82, 2.24) is 5.32 Å². The van der Waals surface area contributed by atoms with Gasteiger partial charge in [-0.3, -0.25) is 0 Å². The summed E-state index contributed by atoms with van der Waals surface area (Å²) in [6.07, 6.45) is 3.99. The van der Waals surface area contributed by atoms with E-state index in [0.29, 0.717) is 6.10 Å². The smallest absolute Gasteiger partial charge is 0.0932 e. The summed E-state index contributed by atoms with van der Waals surface area (Å²) in [5.41, 5.74) is 0. The summed E-state index contributed by atoms with van der Waals surface area (Å²) in [7, 11) is 1.99. The van der Waals surface area contributed by atoms with Gasteiger partial charge in [0, 0.05) is 4.88 Å². The van der Waals surface area contributed by atoms with Crippen molar-refractivity contribution in [2.45, 2.75) is 45.3 Å². The van der Waals surface area contributed by atoms with E-state index in [4.69, 9.17) is 4.74 Å². The third-order valence-electron chi connectivity index (χ3n) is 2.61. The first kappa shape index (κ1) is 13.7. The van der Waals surface area contributed by atoms with Crippen LogP contribution in [0.1, 0.15) is 44.1 Å². The molecule has 3 heteroatoms. The number of nitrogens with one attached hydrogen (secondary N) is 1. The Morgan fingerprint density at radius 1 is 1.44 bits per heavy atom. The van der Waals surface area contributed by atoms with Gasteiger partial charge < -0.3 is 10.1 Å². The first-order valence-electron chi connectivity index (χ1n) is 6.11. The van der Waals surface area contributed by atoms with Gasteiger partial charge >= 0.3 is 0 Å². The predicted molar refractivity (Wildman–Crippen MR) is 71.1 cm³/mol. The summed E-state index contributed by atoms with van der Waals surface area (Å²) in [6, 6.07) is 4.27. The van der Waals surface area contributed by atoms with E-state index in [-0.39, 0.29) is 6.10 Å². The van der Waals surface area contributed by atoms with Crippen molar-refractivity contribution in [2.24, 2.45) is 0 Å². The molecule has 0 aliphatic carbocycles. The largest absolute Gasteiger partial charge is 0.370 e. The standard InChI is InChI=1S/C13H23NOS/c1-4-6-11(2)15-12(8-9-14-3)13-7-5-10-16-13/h5,7,10-12,14H,4,6,8-9H2,1-3H3. The first-order chi connectivity index (χ1) is 7.77. The van der Waals surface area contributed by atoms with E-state index in [0.717, 1.165) is 19.4 Å². The molecule has 0 aromatic carbocycles. The Morgan fingerprint density at radius 3 is 2.81 bits per heavy atom. The fourth-order valence-corrected chi connectivity index (χ4v) is 2.58. The van der Waals surface area contributed by atoms with Gasteiger partial charge in [-0.05, 0) is 44.8 Å². The quantitative estimate of drug-likeness (QED) is 0.751. The average molecular weight is 241 g/mol. The molecule has 1 N–H and O–H groups in total. The molecule has 1 heterocycles. The molecule has 2 nitrogen and oxygen atoms in total. The fraction of sp³-hybridized carbons (Fsp3) is 0.692. The Morgan fingerprint density at radius 2 is 2.25 bits per heavy atom. The van der Waals surface area contributed by atoms with Crippen LogP contribution in [0, 0.1) is 0 Å². The highest BCUT2D eigenvalue weighted by molar-refractivity contribution is 7.10. The molecule has 0 saturated heterocycles. The third kappa shape index (κ3) is 4.64. The summed E-state index contributed by atoms with van der Waals surface area (Å²) in [5.74, 6) is 0. The topological polar surface area (TPSA) is 21.3 Å². The molecule has 1 rings (SSSR count). The molecule has 1 aromatic rings. The highest BCUT2D eigenvalue weighted by atomic mass is 32.1. The second kappa shape index (κ2) is 7.82. The predicted octanol–water partition coefficient (Wildman–Crippen LogP) is 3.60. The normalized spacial score (nSPS) is 14.9. The molecule has 0 aliphatic rings. The minimum absolute atomic E-state index is 0.258. The zero-order valence-corrected chi connectivity index (χ0v) is 11.3. The maximum Gasteiger partial charge on any atom is 0.0932 e. The van der Waals surface area contributed by atoms with E-state index in [2.05, 4.69) is 36.7 Å². The Hall–Kier alpha value is -0.380. The molecular weight excluding hydrogens is 218 g/mol. The summed E-state index contributed by atoms with van der Waals surface area (Å²) in [6.45, 7) is 5.37. The molecule has 16 heavy (non-hydrogen) atoms. The van der Waals surface area contributed by atoms with Crippen LogP contribution in [0.2, 0.25) is 0 Å². The molecule has 0 amide bonds. The molecule has 0 spiro atoms. The summed E-state index contributed by atoms with van der Waals surface area (Å²) >= 11 is 1.79. The van der Waals surface area contributed by atoms with Crippen molar-refractivity contribution in [2.75, 3.05) is 13.6 Å². The van der Waals surface area contributed by atoms with E-state index in [1.807, 2.05) is 7.05 Å². The molecule has 1 aromatic heterocycles. The fourth-order valence-electron chi connectivity index (χ4n) is 1.78. The van der Waals surface area contributed by atoms with Gasteiger partial charge in [0.15, 0.2) is 0 Å². The second-order valence-corrected chi connectivity index (χ2v) is 5.11. The van der Waals surface area contributed by atoms with Crippen LogP contribution < -0.4 is 5.32 Å². The molecule has 92 valence electrons. The van der Waals surface area contributed by atoms with Crippen molar-refractivity contribution in [3.05, 3.63) is 22.4 Å². The van der Waals surface area contributed by atoms with Gasteiger partial charge in [0.25, 0.3) is 0 Å². The lowest BCUT2D eigenvalue weighted by Gasteiger charge is -2.21. The summed E-state index contributed by atoms with van der Waals surface area (Å²) < 4.78 is 6.11. The van der Waals surface area contributed by atoms with Gasteiger partial charge in [-0.25, -0.2) is 0 Å². The minimum Gasteiger partial charge on any atom is -0.370 e. The van der Waals surface area contributed by atoms with Crippen LogP contribution in [0.4, 0.5) is 0 Å². The second-order valence-electron chi connectivity index (χ2n) is 4.13. The van der Waals surface area contributed by atoms with Crippen molar-refractivity contribution < 1.29 is 4.74 Å². The van der Waals surface area contributed by atoms with E-state index in [1.54, 1.807) is 11.3 Å². The zero-order chi connectivity index (χ0) is 11.8. The van der Waals surface area contributed by atoms with E-state index < -0.39 is 0 Å². The number of hydrogen-bond donors (Lipinski definition) is 1. The van der Waals surface area contributed by atoms with E-state index in [1.165, 1.54) is 11.3 Å². The van der Waals surface area contributed by atoms with Crippen LogP contribution in [-0.4, -0.2) is 19.7 Å². The highest BCUT2D eigenvalue weighted by Gasteiger charge is 2.15. The molecule has 0 fully saturated rings. The molecule has 2 atom stereocenters. The molecule has 0 saturated carbocycles. The van der Waals surface area contributed by atoms with Gasteiger partial charge in [0.2, 0.25) is 0 Å². The van der Waals surface area contributed by atoms with Crippen molar-refractivity contribution in [3.8, 4) is 0 Å². The molecular formula is C13H23NOS. The Kier molecular flexibility index (Phi) is 6.69. The van der Waals surface area contributed by atoms with Gasteiger partial charge in [-0.2, -0.15) is 0 Å². The van der Waals surface area contributed by atoms with Crippen molar-refractivity contribution in [1.29, 1.82) is 0 Å². The van der Waals surface area contributed by atoms with Crippen LogP contribution >= 0.6 is 11.3 Å². The highest BCUT2D eigenvalue weighted by Crippen LogP contribution is 2.27. The van der Waals surface area contributed by atoms with Crippen LogP contribution in [0.3, 0.4) is 0 Å². The lowest BCUT2D eigenvalue weighted by Crippen LogP contribution is -2.18. The van der Waals surface area contributed by atoms with E-state index in [9.17, 15) is 0 Å². The van der Waals surface area contributed by atoms with Crippen molar-refractivity contribution in [3.63, 3.8) is 0 Å². The van der Waals surface area contributed by atoms with Crippen LogP contribution in [0.25, 0.3) is 0 Å². The molecule has 0 aliphatic heterocycles. The zero-order valence-electron chi connectivity index (χ0n) is 10.5.